The highest BCUT2D eigenvalue weighted by molar-refractivity contribution is 7.53. The maximum Gasteiger partial charge on any atom is 0.436 e. The molecule has 0 aromatic carbocycles. The number of rotatable bonds is 32. The first kappa shape index (κ1) is 64.5. The quantitative estimate of drug-likeness (QED) is 0.0211. The van der Waals surface area contributed by atoms with Gasteiger partial charge in [0.2, 0.25) is 0 Å². The van der Waals surface area contributed by atoms with Crippen molar-refractivity contribution in [3.05, 3.63) is 0 Å². The molecular weight excluding hydrogens is 1080 g/mol. The summed E-state index contributed by atoms with van der Waals surface area (Å²) < 4.78 is 378. The van der Waals surface area contributed by atoms with Gasteiger partial charge in [0.1, 0.15) is 6.10 Å². The van der Waals surface area contributed by atoms with Crippen LogP contribution in [0.25, 0.3) is 0 Å². The Morgan fingerprint density at radius 1 is 0.348 bits per heavy atom. The molecule has 0 fully saturated rings. The summed E-state index contributed by atoms with van der Waals surface area (Å²) in [5.74, 6) is -17.9. The van der Waals surface area contributed by atoms with Crippen LogP contribution in [0.4, 0.5) is 105 Å². The minimum absolute atomic E-state index is 1.31. The molecule has 0 atom stereocenters. The summed E-state index contributed by atoms with van der Waals surface area (Å²) in [6.07, 6.45) is -55.0. The minimum atomic E-state index is -7.40. The lowest BCUT2D eigenvalue weighted by atomic mass is 10.1. The first-order valence-corrected chi connectivity index (χ1v) is 21.1. The van der Waals surface area contributed by atoms with Gasteiger partial charge in [-0.3, -0.25) is 13.7 Å². The van der Waals surface area contributed by atoms with E-state index < -0.39 is 172 Å². The predicted octanol–water partition coefficient (Wildman–Crippen LogP) is 8.57. The van der Waals surface area contributed by atoms with Crippen molar-refractivity contribution in [3.63, 3.8) is 0 Å². The molecule has 0 aromatic heterocycles. The Hall–Kier alpha value is -1.47. The fourth-order valence-corrected chi connectivity index (χ4v) is 4.90. The summed E-state index contributed by atoms with van der Waals surface area (Å²) in [6, 6.07) is 0. The third-order valence-corrected chi connectivity index (χ3v) is 10.3. The summed E-state index contributed by atoms with van der Waals surface area (Å²) >= 11 is 0. The van der Waals surface area contributed by atoms with Gasteiger partial charge in [-0.1, -0.05) is 0 Å². The van der Waals surface area contributed by atoms with Gasteiger partial charge >= 0.3 is 94.2 Å². The van der Waals surface area contributed by atoms with Crippen molar-refractivity contribution in [1.82, 2.24) is 0 Å². The Balaban J connectivity index is 5.92. The van der Waals surface area contributed by atoms with Crippen LogP contribution >= 0.6 is 22.8 Å². The fourth-order valence-electron chi connectivity index (χ4n) is 3.75. The van der Waals surface area contributed by atoms with E-state index in [9.17, 15) is 119 Å². The van der Waals surface area contributed by atoms with Crippen molar-refractivity contribution < 1.29 is 177 Å². The van der Waals surface area contributed by atoms with Gasteiger partial charge in [0.15, 0.2) is 0 Å². The van der Waals surface area contributed by atoms with Crippen LogP contribution in [0.15, 0.2) is 0 Å². The van der Waals surface area contributed by atoms with E-state index in [4.69, 9.17) is 34.1 Å². The number of hydrogen-bond acceptors (Lipinski definition) is 9. The fraction of sp³-hybridized carbons (Fsp3) is 1.00. The van der Waals surface area contributed by atoms with Crippen molar-refractivity contribution in [2.45, 2.75) is 116 Å². The third-order valence-electron chi connectivity index (χ3n) is 7.35. The molecule has 0 aliphatic heterocycles. The van der Waals surface area contributed by atoms with Crippen molar-refractivity contribution in [2.24, 2.45) is 0 Å². The molecule has 0 radical (unpaired) electrons. The van der Waals surface area contributed by atoms with Crippen LogP contribution in [-0.2, 0) is 42.1 Å². The zero-order valence-electron chi connectivity index (χ0n) is 31.1. The molecule has 0 unspecified atom stereocenters. The van der Waals surface area contributed by atoms with Gasteiger partial charge in [-0.2, -0.15) is 105 Å². The second-order valence-electron chi connectivity index (χ2n) is 12.7. The average Bonchev–Trinajstić information content (AvgIpc) is 3.06. The number of alkyl halides is 24. The molecule has 6 N–H and O–H groups in total. The van der Waals surface area contributed by atoms with E-state index >= 15 is 0 Å². The molecule has 66 heavy (non-hydrogen) atoms. The van der Waals surface area contributed by atoms with Crippen molar-refractivity contribution in [3.8, 4) is 0 Å². The van der Waals surface area contributed by atoms with Crippen LogP contribution in [0.5, 0.6) is 0 Å². The summed E-state index contributed by atoms with van der Waals surface area (Å²) in [5, 5.41) is 0. The van der Waals surface area contributed by atoms with Gasteiger partial charge < -0.3 is 43.6 Å². The standard InChI is InChI=1S/C24H29F24O15P3/c25-13(26,16(31,32)61-19(37,38)22(43,44)64(49,50)51)4-1-7-58-10-12(60-9-3-6-15(29,30)18(35,36)63-21(41,42)24(47,48)66(55,56)57)11-59-8-2-5-14(27,28)17(33,34)62-20(39,40)23(45,46)65(52,53)54/h12H,1-11H2,(H2,49,50,51)(H2,52,53,54)(H2,55,56,57). The molecule has 0 amide bonds. The maximum atomic E-state index is 14.1. The second-order valence-corrected chi connectivity index (χ2v) is 17.7. The summed E-state index contributed by atoms with van der Waals surface area (Å²) in [4.78, 5) is 49.4. The number of hydrogen-bond donors (Lipinski definition) is 6. The van der Waals surface area contributed by atoms with E-state index in [2.05, 4.69) is 9.47 Å². The lowest BCUT2D eigenvalue weighted by molar-refractivity contribution is -0.458. The third kappa shape index (κ3) is 15.5. The van der Waals surface area contributed by atoms with E-state index in [1.807, 2.05) is 14.2 Å². The van der Waals surface area contributed by atoms with E-state index in [-0.39, 0.29) is 0 Å². The van der Waals surface area contributed by atoms with Gasteiger partial charge in [0.25, 0.3) is 0 Å². The first-order chi connectivity index (χ1) is 28.7. The van der Waals surface area contributed by atoms with Gasteiger partial charge in [-0.05, 0) is 19.3 Å². The van der Waals surface area contributed by atoms with Gasteiger partial charge in [-0.25, -0.2) is 14.2 Å². The smallest absolute Gasteiger partial charge is 0.379 e. The molecule has 42 heteroatoms. The van der Waals surface area contributed by atoms with Crippen molar-refractivity contribution >= 4 is 22.8 Å². The monoisotopic (exact) mass is 1110 g/mol. The van der Waals surface area contributed by atoms with Crippen LogP contribution in [-0.4, -0.2) is 140 Å². The molecule has 0 saturated carbocycles. The molecule has 15 nitrogen and oxygen atoms in total. The highest BCUT2D eigenvalue weighted by atomic mass is 31.2. The molecule has 0 heterocycles. The van der Waals surface area contributed by atoms with Crippen molar-refractivity contribution in [2.75, 3.05) is 33.0 Å². The van der Waals surface area contributed by atoms with Crippen LogP contribution in [0.2, 0.25) is 0 Å². The molecule has 0 saturated heterocycles. The summed E-state index contributed by atoms with van der Waals surface area (Å²) in [7, 11) is -22.1. The largest absolute Gasteiger partial charge is 0.436 e. The molecule has 0 aromatic rings. The topological polar surface area (TPSA) is 228 Å². The lowest BCUT2D eigenvalue weighted by Crippen LogP contribution is -2.53. The molecule has 398 valence electrons. The normalized spacial score (nSPS) is 15.9. The van der Waals surface area contributed by atoms with Crippen LogP contribution in [0.3, 0.4) is 0 Å². The Bertz CT molecular complexity index is 1640. The summed E-state index contributed by atoms with van der Waals surface area (Å²) in [5.41, 5.74) is -20.5. The zero-order chi connectivity index (χ0) is 53.1. The van der Waals surface area contributed by atoms with E-state index in [0.29, 0.717) is 0 Å². The average molecular weight is 1110 g/mol. The zero-order valence-corrected chi connectivity index (χ0v) is 33.8. The summed E-state index contributed by atoms with van der Waals surface area (Å²) in [6.45, 7) is -6.78. The molecule has 0 aliphatic rings. The molecular formula is C24H29F24O15P3. The molecule has 0 aliphatic carbocycles. The van der Waals surface area contributed by atoms with Crippen molar-refractivity contribution in [1.29, 1.82) is 0 Å². The Labute approximate surface area is 349 Å². The van der Waals surface area contributed by atoms with E-state index in [1.165, 1.54) is 0 Å². The Morgan fingerprint density at radius 3 is 0.773 bits per heavy atom. The minimum Gasteiger partial charge on any atom is -0.379 e. The van der Waals surface area contributed by atoms with Crippen LogP contribution < -0.4 is 0 Å². The van der Waals surface area contributed by atoms with Gasteiger partial charge in [0.05, 0.1) is 13.2 Å². The Kier molecular flexibility index (Phi) is 20.6. The number of ether oxygens (including phenoxy) is 6. The molecule has 0 spiro atoms. The number of halogens is 24. The molecule has 0 rings (SSSR count). The van der Waals surface area contributed by atoms with Gasteiger partial charge in [0, 0.05) is 39.1 Å². The second kappa shape index (κ2) is 21.1. The Morgan fingerprint density at radius 2 is 0.561 bits per heavy atom. The maximum absolute atomic E-state index is 14.1. The predicted molar refractivity (Wildman–Crippen MR) is 158 cm³/mol. The van der Waals surface area contributed by atoms with E-state index in [0.717, 1.165) is 0 Å². The highest BCUT2D eigenvalue weighted by Crippen LogP contribution is 2.64. The van der Waals surface area contributed by atoms with Crippen LogP contribution in [0.1, 0.15) is 38.5 Å². The first-order valence-electron chi connectivity index (χ1n) is 16.2. The molecule has 0 bridgehead atoms. The highest BCUT2D eigenvalue weighted by Gasteiger charge is 2.77. The SMILES string of the molecule is O=P(O)(O)C(F)(F)C(F)(F)OC(F)(F)C(F)(F)CCCOCC(COCCCC(F)(F)C(F)(F)OC(F)(F)C(F)(F)P(=O)(O)O)OCCCC(F)(F)C(F)(F)OC(F)(F)C(F)(F)P(=O)(O)O. The van der Waals surface area contributed by atoms with Gasteiger partial charge in [-0.15, -0.1) is 0 Å². The van der Waals surface area contributed by atoms with Crippen LogP contribution in [0, 0.1) is 0 Å². The lowest BCUT2D eigenvalue weighted by Gasteiger charge is -2.33. The van der Waals surface area contributed by atoms with E-state index in [1.54, 1.807) is 0 Å².